The van der Waals surface area contributed by atoms with E-state index >= 15 is 0 Å². The Bertz CT molecular complexity index is 195. The van der Waals surface area contributed by atoms with Crippen LogP contribution in [0.5, 0.6) is 0 Å². The van der Waals surface area contributed by atoms with Crippen molar-refractivity contribution in [1.82, 2.24) is 0 Å². The Morgan fingerprint density at radius 1 is 1.62 bits per heavy atom. The number of esters is 1. The zero-order valence-corrected chi connectivity index (χ0v) is 8.32. The Morgan fingerprint density at radius 2 is 2.23 bits per heavy atom. The molecule has 4 unspecified atom stereocenters. The lowest BCUT2D eigenvalue weighted by Gasteiger charge is -2.20. The van der Waals surface area contributed by atoms with Gasteiger partial charge in [-0.1, -0.05) is 6.92 Å². The van der Waals surface area contributed by atoms with Gasteiger partial charge in [-0.2, -0.15) is 0 Å². The first kappa shape index (κ1) is 10.5. The van der Waals surface area contributed by atoms with Crippen LogP contribution in [0.25, 0.3) is 0 Å². The lowest BCUT2D eigenvalue weighted by molar-refractivity contribution is -0.143. The molecule has 0 spiro atoms. The molecule has 0 bridgehead atoms. The van der Waals surface area contributed by atoms with Gasteiger partial charge in [-0.3, -0.25) is 4.79 Å². The molecule has 0 aromatic carbocycles. The van der Waals surface area contributed by atoms with Gasteiger partial charge in [-0.25, -0.2) is 0 Å². The number of rotatable bonds is 2. The van der Waals surface area contributed by atoms with Gasteiger partial charge in [0.2, 0.25) is 0 Å². The van der Waals surface area contributed by atoms with E-state index in [1.54, 1.807) is 0 Å². The van der Waals surface area contributed by atoms with Crippen LogP contribution in [0.1, 0.15) is 13.8 Å². The first-order valence-corrected chi connectivity index (χ1v) is 4.53. The molecular formula is C9H17NO3. The summed E-state index contributed by atoms with van der Waals surface area (Å²) in [5, 5.41) is 0. The zero-order chi connectivity index (χ0) is 10.0. The summed E-state index contributed by atoms with van der Waals surface area (Å²) in [7, 11) is 1.35. The fraction of sp³-hybridized carbons (Fsp3) is 0.889. The van der Waals surface area contributed by atoms with E-state index < -0.39 is 6.04 Å². The van der Waals surface area contributed by atoms with Crippen molar-refractivity contribution < 1.29 is 14.3 Å². The molecule has 2 N–H and O–H groups in total. The summed E-state index contributed by atoms with van der Waals surface area (Å²) >= 11 is 0. The van der Waals surface area contributed by atoms with Crippen LogP contribution in [-0.2, 0) is 14.3 Å². The largest absolute Gasteiger partial charge is 0.468 e. The summed E-state index contributed by atoms with van der Waals surface area (Å²) in [6.07, 6.45) is 0.181. The Labute approximate surface area is 78.4 Å². The Hall–Kier alpha value is -0.610. The number of ether oxygens (including phenoxy) is 2. The lowest BCUT2D eigenvalue weighted by atomic mass is 9.87. The van der Waals surface area contributed by atoms with Crippen molar-refractivity contribution in [3.05, 3.63) is 0 Å². The van der Waals surface area contributed by atoms with Gasteiger partial charge >= 0.3 is 5.97 Å². The third-order valence-electron chi connectivity index (χ3n) is 2.90. The molecule has 0 amide bonds. The summed E-state index contributed by atoms with van der Waals surface area (Å²) in [5.74, 6) is 0.0473. The molecule has 1 aliphatic rings. The van der Waals surface area contributed by atoms with Crippen molar-refractivity contribution in [3.63, 3.8) is 0 Å². The standard InChI is InChI=1S/C9H17NO3/c1-5-6(2)13-4-7(5)8(10)9(11)12-3/h5-8H,4,10H2,1-3H3. The van der Waals surface area contributed by atoms with Crippen molar-refractivity contribution in [2.45, 2.75) is 26.0 Å². The maximum absolute atomic E-state index is 11.1. The van der Waals surface area contributed by atoms with Crippen LogP contribution < -0.4 is 5.73 Å². The van der Waals surface area contributed by atoms with Gasteiger partial charge in [0.15, 0.2) is 0 Å². The predicted octanol–water partition coefficient (Wildman–Crippen LogP) is 0.158. The van der Waals surface area contributed by atoms with Gasteiger partial charge in [-0.15, -0.1) is 0 Å². The molecule has 1 rings (SSSR count). The van der Waals surface area contributed by atoms with Crippen LogP contribution in [-0.4, -0.2) is 31.8 Å². The minimum absolute atomic E-state index is 0.0856. The molecule has 0 saturated carbocycles. The maximum Gasteiger partial charge on any atom is 0.323 e. The smallest absolute Gasteiger partial charge is 0.323 e. The van der Waals surface area contributed by atoms with E-state index in [4.69, 9.17) is 10.5 Å². The minimum Gasteiger partial charge on any atom is -0.468 e. The van der Waals surface area contributed by atoms with Crippen LogP contribution in [0.3, 0.4) is 0 Å². The second-order valence-electron chi connectivity index (χ2n) is 3.61. The average Bonchev–Trinajstić information content (AvgIpc) is 2.45. The fourth-order valence-corrected chi connectivity index (χ4v) is 1.66. The van der Waals surface area contributed by atoms with E-state index in [-0.39, 0.29) is 18.0 Å². The molecule has 76 valence electrons. The van der Waals surface area contributed by atoms with Gasteiger partial charge in [-0.05, 0) is 12.8 Å². The highest BCUT2D eigenvalue weighted by molar-refractivity contribution is 5.75. The van der Waals surface area contributed by atoms with Gasteiger partial charge in [0.25, 0.3) is 0 Å². The minimum atomic E-state index is -0.551. The molecule has 13 heavy (non-hydrogen) atoms. The number of hydrogen-bond acceptors (Lipinski definition) is 4. The van der Waals surface area contributed by atoms with E-state index in [2.05, 4.69) is 4.74 Å². The van der Waals surface area contributed by atoms with E-state index in [1.807, 2.05) is 13.8 Å². The topological polar surface area (TPSA) is 61.5 Å². The second kappa shape index (κ2) is 4.07. The highest BCUT2D eigenvalue weighted by Crippen LogP contribution is 2.28. The quantitative estimate of drug-likeness (QED) is 0.625. The SMILES string of the molecule is COC(=O)C(N)C1COC(C)C1C. The Morgan fingerprint density at radius 3 is 2.62 bits per heavy atom. The normalized spacial score (nSPS) is 35.8. The predicted molar refractivity (Wildman–Crippen MR) is 48.1 cm³/mol. The summed E-state index contributed by atoms with van der Waals surface area (Å²) in [5.41, 5.74) is 5.73. The monoisotopic (exact) mass is 187 g/mol. The highest BCUT2D eigenvalue weighted by Gasteiger charge is 2.38. The molecule has 4 heteroatoms. The molecule has 4 atom stereocenters. The lowest BCUT2D eigenvalue weighted by Crippen LogP contribution is -2.42. The first-order valence-electron chi connectivity index (χ1n) is 4.53. The van der Waals surface area contributed by atoms with Crippen molar-refractivity contribution in [1.29, 1.82) is 0 Å². The van der Waals surface area contributed by atoms with Crippen LogP contribution >= 0.6 is 0 Å². The third-order valence-corrected chi connectivity index (χ3v) is 2.90. The van der Waals surface area contributed by atoms with E-state index in [0.717, 1.165) is 0 Å². The molecule has 0 aromatic heterocycles. The van der Waals surface area contributed by atoms with Crippen LogP contribution in [0.2, 0.25) is 0 Å². The molecule has 0 aliphatic carbocycles. The van der Waals surface area contributed by atoms with Crippen molar-refractivity contribution in [2.24, 2.45) is 17.6 Å². The third kappa shape index (κ3) is 2.00. The molecule has 4 nitrogen and oxygen atoms in total. The number of carbonyl (C=O) groups excluding carboxylic acids is 1. The van der Waals surface area contributed by atoms with Gasteiger partial charge in [0, 0.05) is 5.92 Å². The Balaban J connectivity index is 2.57. The van der Waals surface area contributed by atoms with E-state index in [1.165, 1.54) is 7.11 Å². The zero-order valence-electron chi connectivity index (χ0n) is 8.32. The number of hydrogen-bond donors (Lipinski definition) is 1. The second-order valence-corrected chi connectivity index (χ2v) is 3.61. The molecule has 1 saturated heterocycles. The number of nitrogens with two attached hydrogens (primary N) is 1. The van der Waals surface area contributed by atoms with E-state index in [0.29, 0.717) is 12.5 Å². The van der Waals surface area contributed by atoms with Crippen LogP contribution in [0.4, 0.5) is 0 Å². The molecule has 1 heterocycles. The first-order chi connectivity index (χ1) is 6.07. The maximum atomic E-state index is 11.1. The average molecular weight is 187 g/mol. The molecule has 1 fully saturated rings. The molecule has 0 aromatic rings. The van der Waals surface area contributed by atoms with Crippen LogP contribution in [0.15, 0.2) is 0 Å². The van der Waals surface area contributed by atoms with Crippen molar-refractivity contribution in [3.8, 4) is 0 Å². The van der Waals surface area contributed by atoms with Crippen molar-refractivity contribution >= 4 is 5.97 Å². The van der Waals surface area contributed by atoms with E-state index in [9.17, 15) is 4.79 Å². The Kier molecular flexibility index (Phi) is 3.27. The number of carbonyl (C=O) groups is 1. The summed E-state index contributed by atoms with van der Waals surface area (Å²) < 4.78 is 9.99. The summed E-state index contributed by atoms with van der Waals surface area (Å²) in [6.45, 7) is 4.60. The number of methoxy groups -OCH3 is 1. The molecular weight excluding hydrogens is 170 g/mol. The van der Waals surface area contributed by atoms with Gasteiger partial charge in [0.1, 0.15) is 6.04 Å². The summed E-state index contributed by atoms with van der Waals surface area (Å²) in [4.78, 5) is 11.1. The van der Waals surface area contributed by atoms with Gasteiger partial charge < -0.3 is 15.2 Å². The summed E-state index contributed by atoms with van der Waals surface area (Å²) in [6, 6.07) is -0.551. The highest BCUT2D eigenvalue weighted by atomic mass is 16.5. The molecule has 1 aliphatic heterocycles. The molecule has 0 radical (unpaired) electrons. The van der Waals surface area contributed by atoms with Crippen molar-refractivity contribution in [2.75, 3.05) is 13.7 Å². The van der Waals surface area contributed by atoms with Gasteiger partial charge in [0.05, 0.1) is 19.8 Å². The van der Waals surface area contributed by atoms with Crippen LogP contribution in [0, 0.1) is 11.8 Å². The fourth-order valence-electron chi connectivity index (χ4n) is 1.66.